The largest absolute Gasteiger partial charge is 0.308 e. The van der Waals surface area contributed by atoms with Gasteiger partial charge in [0.2, 0.25) is 11.7 Å². The van der Waals surface area contributed by atoms with Crippen LogP contribution in [0.4, 0.5) is 5.69 Å². The van der Waals surface area contributed by atoms with Gasteiger partial charge in [-0.05, 0) is 29.0 Å². The minimum absolute atomic E-state index is 0.0408. The van der Waals surface area contributed by atoms with Crippen LogP contribution in [0.25, 0.3) is 11.4 Å². The smallest absolute Gasteiger partial charge is 0.227 e. The number of hydrogen-bond acceptors (Lipinski definition) is 5. The molecule has 2 aromatic heterocycles. The summed E-state index contributed by atoms with van der Waals surface area (Å²) in [7, 11) is 0. The minimum atomic E-state index is 0.0408. The summed E-state index contributed by atoms with van der Waals surface area (Å²) in [5, 5.41) is 13.9. The van der Waals surface area contributed by atoms with Gasteiger partial charge in [0.1, 0.15) is 0 Å². The standard InChI is InChI=1S/C16H16N6O/c1-2-15(23)22(11-12-5-4-8-17-10-12)14-7-3-6-13(9-14)16-18-20-21-19-16/h3-10H,2,11H2,1H3,(H,18,19,20,21). The van der Waals surface area contributed by atoms with Gasteiger partial charge < -0.3 is 4.90 Å². The number of hydrogen-bond donors (Lipinski definition) is 1. The fourth-order valence-electron chi connectivity index (χ4n) is 2.29. The number of benzene rings is 1. The first kappa shape index (κ1) is 14.8. The fourth-order valence-corrected chi connectivity index (χ4v) is 2.29. The van der Waals surface area contributed by atoms with Crippen LogP contribution < -0.4 is 4.90 Å². The van der Waals surface area contributed by atoms with Crippen LogP contribution in [0.15, 0.2) is 48.8 Å². The van der Waals surface area contributed by atoms with E-state index >= 15 is 0 Å². The summed E-state index contributed by atoms with van der Waals surface area (Å²) in [4.78, 5) is 18.2. The third-order valence-corrected chi connectivity index (χ3v) is 3.43. The molecule has 2 heterocycles. The summed E-state index contributed by atoms with van der Waals surface area (Å²) in [5.41, 5.74) is 2.57. The molecule has 3 aromatic rings. The van der Waals surface area contributed by atoms with Crippen molar-refractivity contribution in [3.63, 3.8) is 0 Å². The zero-order chi connectivity index (χ0) is 16.1. The highest BCUT2D eigenvalue weighted by molar-refractivity contribution is 5.93. The van der Waals surface area contributed by atoms with Crippen LogP contribution in [0.1, 0.15) is 18.9 Å². The molecule has 0 bridgehead atoms. The second kappa shape index (κ2) is 6.78. The molecule has 0 atom stereocenters. The molecule has 1 amide bonds. The van der Waals surface area contributed by atoms with Crippen molar-refractivity contribution < 1.29 is 4.79 Å². The van der Waals surface area contributed by atoms with E-state index in [1.165, 1.54) is 0 Å². The van der Waals surface area contributed by atoms with Crippen molar-refractivity contribution in [2.24, 2.45) is 0 Å². The number of carbonyl (C=O) groups excluding carboxylic acids is 1. The van der Waals surface area contributed by atoms with Crippen molar-refractivity contribution in [1.29, 1.82) is 0 Å². The number of H-pyrrole nitrogens is 1. The van der Waals surface area contributed by atoms with Crippen LogP contribution >= 0.6 is 0 Å². The van der Waals surface area contributed by atoms with E-state index in [4.69, 9.17) is 0 Å². The summed E-state index contributed by atoms with van der Waals surface area (Å²) in [6.07, 6.45) is 3.90. The fraction of sp³-hybridized carbons (Fsp3) is 0.188. The van der Waals surface area contributed by atoms with Gasteiger partial charge in [-0.1, -0.05) is 25.1 Å². The normalized spacial score (nSPS) is 10.5. The van der Waals surface area contributed by atoms with Gasteiger partial charge in [-0.3, -0.25) is 9.78 Å². The van der Waals surface area contributed by atoms with E-state index in [1.807, 2.05) is 43.3 Å². The lowest BCUT2D eigenvalue weighted by Gasteiger charge is -2.22. The number of carbonyl (C=O) groups is 1. The van der Waals surface area contributed by atoms with Gasteiger partial charge in [0, 0.05) is 30.1 Å². The van der Waals surface area contributed by atoms with Crippen LogP contribution in [0.5, 0.6) is 0 Å². The lowest BCUT2D eigenvalue weighted by atomic mass is 10.1. The third-order valence-electron chi connectivity index (χ3n) is 3.43. The van der Waals surface area contributed by atoms with Crippen LogP contribution in [-0.2, 0) is 11.3 Å². The average molecular weight is 308 g/mol. The lowest BCUT2D eigenvalue weighted by Crippen LogP contribution is -2.29. The summed E-state index contributed by atoms with van der Waals surface area (Å²) < 4.78 is 0. The van der Waals surface area contributed by atoms with Gasteiger partial charge in [0.25, 0.3) is 0 Å². The van der Waals surface area contributed by atoms with E-state index in [9.17, 15) is 4.79 Å². The number of aromatic amines is 1. The van der Waals surface area contributed by atoms with Crippen LogP contribution in [0.2, 0.25) is 0 Å². The molecule has 0 saturated heterocycles. The Kier molecular flexibility index (Phi) is 4.37. The molecule has 0 aliphatic rings. The van der Waals surface area contributed by atoms with E-state index in [0.717, 1.165) is 16.8 Å². The zero-order valence-electron chi connectivity index (χ0n) is 12.7. The van der Waals surface area contributed by atoms with Crippen molar-refractivity contribution in [3.8, 4) is 11.4 Å². The maximum atomic E-state index is 12.4. The molecule has 23 heavy (non-hydrogen) atoms. The average Bonchev–Trinajstić information content (AvgIpc) is 3.15. The molecule has 0 radical (unpaired) electrons. The highest BCUT2D eigenvalue weighted by Gasteiger charge is 2.16. The van der Waals surface area contributed by atoms with Crippen LogP contribution in [0.3, 0.4) is 0 Å². The Morgan fingerprint density at radius 3 is 2.87 bits per heavy atom. The first-order valence-corrected chi connectivity index (χ1v) is 7.31. The Hall–Kier alpha value is -3.09. The molecule has 0 fully saturated rings. The highest BCUT2D eigenvalue weighted by atomic mass is 16.2. The maximum Gasteiger partial charge on any atom is 0.227 e. The molecule has 7 nitrogen and oxygen atoms in total. The van der Waals surface area contributed by atoms with E-state index in [1.54, 1.807) is 17.3 Å². The Balaban J connectivity index is 1.94. The molecule has 3 rings (SSSR count). The Morgan fingerprint density at radius 2 is 2.17 bits per heavy atom. The molecule has 116 valence electrons. The Morgan fingerprint density at radius 1 is 1.26 bits per heavy atom. The van der Waals surface area contributed by atoms with Gasteiger partial charge in [-0.2, -0.15) is 5.21 Å². The maximum absolute atomic E-state index is 12.4. The van der Waals surface area contributed by atoms with Crippen molar-refractivity contribution >= 4 is 11.6 Å². The topological polar surface area (TPSA) is 87.7 Å². The molecule has 0 aliphatic carbocycles. The summed E-state index contributed by atoms with van der Waals surface area (Å²) in [6.45, 7) is 2.32. The lowest BCUT2D eigenvalue weighted by molar-refractivity contribution is -0.118. The van der Waals surface area contributed by atoms with Gasteiger partial charge in [-0.25, -0.2) is 0 Å². The number of anilines is 1. The van der Waals surface area contributed by atoms with Crippen LogP contribution in [0, 0.1) is 0 Å². The molecule has 0 unspecified atom stereocenters. The van der Waals surface area contributed by atoms with Gasteiger partial charge in [0.15, 0.2) is 0 Å². The van der Waals surface area contributed by atoms with Crippen molar-refractivity contribution in [2.75, 3.05) is 4.90 Å². The van der Waals surface area contributed by atoms with Crippen molar-refractivity contribution in [1.82, 2.24) is 25.6 Å². The van der Waals surface area contributed by atoms with E-state index in [2.05, 4.69) is 25.6 Å². The van der Waals surface area contributed by atoms with Crippen LogP contribution in [-0.4, -0.2) is 31.5 Å². The highest BCUT2D eigenvalue weighted by Crippen LogP contribution is 2.23. The van der Waals surface area contributed by atoms with E-state index in [-0.39, 0.29) is 5.91 Å². The van der Waals surface area contributed by atoms with Crippen molar-refractivity contribution in [3.05, 3.63) is 54.4 Å². The molecule has 1 N–H and O–H groups in total. The Bertz CT molecular complexity index is 772. The Labute approximate surface area is 133 Å². The van der Waals surface area contributed by atoms with Gasteiger partial charge in [0.05, 0.1) is 6.54 Å². The minimum Gasteiger partial charge on any atom is -0.308 e. The number of rotatable bonds is 5. The zero-order valence-corrected chi connectivity index (χ0v) is 12.7. The van der Waals surface area contributed by atoms with E-state index in [0.29, 0.717) is 18.8 Å². The van der Waals surface area contributed by atoms with Crippen molar-refractivity contribution in [2.45, 2.75) is 19.9 Å². The number of nitrogens with one attached hydrogen (secondary N) is 1. The molecule has 0 saturated carbocycles. The summed E-state index contributed by atoms with van der Waals surface area (Å²) >= 11 is 0. The number of nitrogens with zero attached hydrogens (tertiary/aromatic N) is 5. The first-order chi connectivity index (χ1) is 11.3. The number of amides is 1. The van der Waals surface area contributed by atoms with Gasteiger partial charge >= 0.3 is 0 Å². The second-order valence-corrected chi connectivity index (χ2v) is 4.98. The first-order valence-electron chi connectivity index (χ1n) is 7.31. The predicted octanol–water partition coefficient (Wildman–Crippen LogP) is 2.20. The number of pyridine rings is 1. The summed E-state index contributed by atoms with van der Waals surface area (Å²) in [6, 6.07) is 11.3. The van der Waals surface area contributed by atoms with Gasteiger partial charge in [-0.15, -0.1) is 10.2 Å². The molecule has 0 spiro atoms. The molecule has 7 heteroatoms. The third kappa shape index (κ3) is 3.39. The quantitative estimate of drug-likeness (QED) is 0.780. The molecular formula is C16H16N6O. The molecule has 0 aliphatic heterocycles. The monoisotopic (exact) mass is 308 g/mol. The summed E-state index contributed by atoms with van der Waals surface area (Å²) in [5.74, 6) is 0.538. The number of aromatic nitrogens is 5. The van der Waals surface area contributed by atoms with E-state index < -0.39 is 0 Å². The molecule has 1 aromatic carbocycles. The molecular weight excluding hydrogens is 292 g/mol. The second-order valence-electron chi connectivity index (χ2n) is 4.98. The SMILES string of the molecule is CCC(=O)N(Cc1cccnc1)c1cccc(-c2nn[nH]n2)c1. The number of tetrazole rings is 1. The predicted molar refractivity (Wildman–Crippen MR) is 85.3 cm³/mol.